The standard InChI is InChI=1S/C22H20N4O5/c1-3-30-21(28)18-13(2)24-22(29)26(19(18)14-7-5-4-6-8-14)25-20(27)15-9-10-17-16(11-15)23-12-31-17/h4-12,19H,3H2,1-2H3,(H,24,29)(H,25,27). The van der Waals surface area contributed by atoms with Crippen molar-refractivity contribution >= 4 is 29.0 Å². The molecule has 1 aliphatic heterocycles. The second-order valence-corrected chi connectivity index (χ2v) is 6.85. The zero-order valence-electron chi connectivity index (χ0n) is 16.9. The number of rotatable bonds is 5. The van der Waals surface area contributed by atoms with Gasteiger partial charge < -0.3 is 14.5 Å². The number of benzene rings is 2. The van der Waals surface area contributed by atoms with Gasteiger partial charge in [-0.05, 0) is 37.6 Å². The van der Waals surface area contributed by atoms with Crippen molar-refractivity contribution in [3.8, 4) is 0 Å². The molecule has 3 amide bonds. The molecule has 3 aromatic rings. The number of hydrogen-bond donors (Lipinski definition) is 2. The molecule has 9 nitrogen and oxygen atoms in total. The molecule has 0 bridgehead atoms. The number of carbonyl (C=O) groups is 3. The molecule has 2 N–H and O–H groups in total. The van der Waals surface area contributed by atoms with Crippen molar-refractivity contribution in [2.45, 2.75) is 19.9 Å². The van der Waals surface area contributed by atoms with E-state index in [0.29, 0.717) is 22.4 Å². The fourth-order valence-electron chi connectivity index (χ4n) is 3.45. The molecule has 4 rings (SSSR count). The Balaban J connectivity index is 1.72. The van der Waals surface area contributed by atoms with E-state index >= 15 is 0 Å². The Morgan fingerprint density at radius 1 is 1.23 bits per heavy atom. The molecule has 2 heterocycles. The van der Waals surface area contributed by atoms with Gasteiger partial charge in [-0.2, -0.15) is 0 Å². The number of hydrazine groups is 1. The summed E-state index contributed by atoms with van der Waals surface area (Å²) >= 11 is 0. The van der Waals surface area contributed by atoms with Gasteiger partial charge in [0, 0.05) is 11.3 Å². The summed E-state index contributed by atoms with van der Waals surface area (Å²) in [4.78, 5) is 42.6. The Morgan fingerprint density at radius 3 is 2.74 bits per heavy atom. The lowest BCUT2D eigenvalue weighted by atomic mass is 9.95. The summed E-state index contributed by atoms with van der Waals surface area (Å²) in [5, 5.41) is 3.73. The van der Waals surface area contributed by atoms with Crippen molar-refractivity contribution in [3.05, 3.63) is 77.3 Å². The quantitative estimate of drug-likeness (QED) is 0.613. The van der Waals surface area contributed by atoms with Crippen LogP contribution in [0.4, 0.5) is 4.79 Å². The molecule has 1 unspecified atom stereocenters. The maximum Gasteiger partial charge on any atom is 0.341 e. The van der Waals surface area contributed by atoms with Crippen LogP contribution < -0.4 is 10.7 Å². The number of carbonyl (C=O) groups excluding carboxylic acids is 3. The summed E-state index contributed by atoms with van der Waals surface area (Å²) in [7, 11) is 0. The van der Waals surface area contributed by atoms with E-state index in [0.717, 1.165) is 5.01 Å². The molecular weight excluding hydrogens is 400 g/mol. The number of aromatic nitrogens is 1. The first-order valence-corrected chi connectivity index (χ1v) is 9.67. The predicted molar refractivity (Wildman–Crippen MR) is 110 cm³/mol. The fourth-order valence-corrected chi connectivity index (χ4v) is 3.45. The zero-order valence-corrected chi connectivity index (χ0v) is 16.9. The van der Waals surface area contributed by atoms with E-state index in [1.54, 1.807) is 56.3 Å². The van der Waals surface area contributed by atoms with Gasteiger partial charge >= 0.3 is 12.0 Å². The smallest absolute Gasteiger partial charge is 0.341 e. The second kappa shape index (κ2) is 8.31. The molecule has 31 heavy (non-hydrogen) atoms. The minimum atomic E-state index is -0.867. The molecule has 2 aromatic carbocycles. The molecular formula is C22H20N4O5. The van der Waals surface area contributed by atoms with E-state index in [1.807, 2.05) is 6.07 Å². The number of hydrogen-bond acceptors (Lipinski definition) is 6. The molecule has 158 valence electrons. The maximum absolute atomic E-state index is 13.0. The Labute approximate surface area is 177 Å². The zero-order chi connectivity index (χ0) is 22.0. The topological polar surface area (TPSA) is 114 Å². The monoisotopic (exact) mass is 420 g/mol. The van der Waals surface area contributed by atoms with Gasteiger partial charge in [0.15, 0.2) is 12.0 Å². The van der Waals surface area contributed by atoms with Crippen LogP contribution >= 0.6 is 0 Å². The van der Waals surface area contributed by atoms with Crippen molar-refractivity contribution in [1.82, 2.24) is 20.7 Å². The van der Waals surface area contributed by atoms with Crippen LogP contribution in [0.25, 0.3) is 11.1 Å². The number of nitrogens with zero attached hydrogens (tertiary/aromatic N) is 2. The molecule has 1 aromatic heterocycles. The third kappa shape index (κ3) is 3.85. The lowest BCUT2D eigenvalue weighted by molar-refractivity contribution is -0.139. The number of oxazole rings is 1. The van der Waals surface area contributed by atoms with Gasteiger partial charge in [0.1, 0.15) is 11.6 Å². The van der Waals surface area contributed by atoms with Crippen LogP contribution in [0, 0.1) is 0 Å². The number of ether oxygens (including phenoxy) is 1. The highest BCUT2D eigenvalue weighted by molar-refractivity contribution is 5.99. The summed E-state index contributed by atoms with van der Waals surface area (Å²) in [5.74, 6) is -1.11. The van der Waals surface area contributed by atoms with Gasteiger partial charge in [-0.1, -0.05) is 30.3 Å². The van der Waals surface area contributed by atoms with Gasteiger partial charge in [0.2, 0.25) is 0 Å². The van der Waals surface area contributed by atoms with Crippen LogP contribution in [-0.2, 0) is 9.53 Å². The lowest BCUT2D eigenvalue weighted by Gasteiger charge is -2.37. The van der Waals surface area contributed by atoms with E-state index in [2.05, 4.69) is 15.7 Å². The Hall–Kier alpha value is -4.14. The van der Waals surface area contributed by atoms with E-state index < -0.39 is 23.9 Å². The number of urea groups is 1. The summed E-state index contributed by atoms with van der Waals surface area (Å²) in [6, 6.07) is 12.3. The Morgan fingerprint density at radius 2 is 2.00 bits per heavy atom. The number of esters is 1. The highest BCUT2D eigenvalue weighted by Crippen LogP contribution is 2.33. The van der Waals surface area contributed by atoms with Crippen LogP contribution in [0.2, 0.25) is 0 Å². The van der Waals surface area contributed by atoms with Gasteiger partial charge in [-0.3, -0.25) is 10.2 Å². The summed E-state index contributed by atoms with van der Waals surface area (Å²) in [6.45, 7) is 3.50. The van der Waals surface area contributed by atoms with Gasteiger partial charge in [0.05, 0.1) is 12.2 Å². The Bertz CT molecular complexity index is 1180. The highest BCUT2D eigenvalue weighted by Gasteiger charge is 2.39. The van der Waals surface area contributed by atoms with Crippen LogP contribution in [0.5, 0.6) is 0 Å². The maximum atomic E-state index is 13.0. The lowest BCUT2D eigenvalue weighted by Crippen LogP contribution is -2.56. The normalized spacial score (nSPS) is 16.3. The SMILES string of the molecule is CCOC(=O)C1=C(C)NC(=O)N(NC(=O)c2ccc3ocnc3c2)C1c1ccccc1. The minimum absolute atomic E-state index is 0.176. The summed E-state index contributed by atoms with van der Waals surface area (Å²) in [5.41, 5.74) is 5.20. The third-order valence-electron chi connectivity index (χ3n) is 4.87. The average molecular weight is 420 g/mol. The van der Waals surface area contributed by atoms with Gasteiger partial charge in [0.25, 0.3) is 5.91 Å². The molecule has 9 heteroatoms. The van der Waals surface area contributed by atoms with E-state index in [1.165, 1.54) is 6.39 Å². The molecule has 0 spiro atoms. The second-order valence-electron chi connectivity index (χ2n) is 6.85. The van der Waals surface area contributed by atoms with E-state index in [9.17, 15) is 14.4 Å². The van der Waals surface area contributed by atoms with Crippen LogP contribution in [0.1, 0.15) is 35.8 Å². The van der Waals surface area contributed by atoms with Crippen molar-refractivity contribution in [2.75, 3.05) is 6.61 Å². The fraction of sp³-hybridized carbons (Fsp3) is 0.182. The summed E-state index contributed by atoms with van der Waals surface area (Å²) in [6.07, 6.45) is 1.29. The number of allylic oxidation sites excluding steroid dienone is 1. The van der Waals surface area contributed by atoms with E-state index in [4.69, 9.17) is 9.15 Å². The summed E-state index contributed by atoms with van der Waals surface area (Å²) < 4.78 is 10.4. The van der Waals surface area contributed by atoms with Crippen LogP contribution in [0.15, 0.2) is 70.6 Å². The van der Waals surface area contributed by atoms with Gasteiger partial charge in [-0.25, -0.2) is 19.6 Å². The first-order valence-electron chi connectivity index (χ1n) is 9.67. The largest absolute Gasteiger partial charge is 0.463 e. The number of amides is 3. The third-order valence-corrected chi connectivity index (χ3v) is 4.87. The first-order chi connectivity index (χ1) is 15.0. The molecule has 0 saturated carbocycles. The van der Waals surface area contributed by atoms with Crippen LogP contribution in [-0.4, -0.2) is 34.5 Å². The molecule has 0 saturated heterocycles. The number of fused-ring (bicyclic) bond motifs is 1. The molecule has 0 aliphatic carbocycles. The number of nitrogens with one attached hydrogen (secondary N) is 2. The molecule has 1 atom stereocenters. The van der Waals surface area contributed by atoms with Crippen LogP contribution in [0.3, 0.4) is 0 Å². The van der Waals surface area contributed by atoms with Crippen molar-refractivity contribution in [2.24, 2.45) is 0 Å². The molecule has 0 fully saturated rings. The van der Waals surface area contributed by atoms with Crippen molar-refractivity contribution in [3.63, 3.8) is 0 Å². The first kappa shape index (κ1) is 20.1. The van der Waals surface area contributed by atoms with Gasteiger partial charge in [-0.15, -0.1) is 0 Å². The van der Waals surface area contributed by atoms with Crippen molar-refractivity contribution in [1.29, 1.82) is 0 Å². The molecule has 1 aliphatic rings. The molecule has 0 radical (unpaired) electrons. The predicted octanol–water partition coefficient (Wildman–Crippen LogP) is 3.08. The highest BCUT2D eigenvalue weighted by atomic mass is 16.5. The average Bonchev–Trinajstić information content (AvgIpc) is 3.23. The minimum Gasteiger partial charge on any atom is -0.463 e. The Kier molecular flexibility index (Phi) is 5.40. The van der Waals surface area contributed by atoms with E-state index in [-0.39, 0.29) is 17.7 Å². The van der Waals surface area contributed by atoms with Crippen molar-refractivity contribution < 1.29 is 23.5 Å².